The maximum absolute atomic E-state index is 10.4. The predicted octanol–water partition coefficient (Wildman–Crippen LogP) is 0.339. The zero-order chi connectivity index (χ0) is 7.44. The monoisotopic (exact) mass is 145 g/mol. The minimum atomic E-state index is -0.350. The maximum Gasteiger partial charge on any atom is 0.230 e. The van der Waals surface area contributed by atoms with Gasteiger partial charge in [-0.2, -0.15) is 0 Å². The molecule has 3 nitrogen and oxygen atoms in total. The molecule has 0 spiro atoms. The smallest absolute Gasteiger partial charge is 0.230 e. The van der Waals surface area contributed by atoms with Crippen molar-refractivity contribution in [2.45, 2.75) is 13.8 Å². The number of imide groups is 1. The van der Waals surface area contributed by atoms with Crippen LogP contribution in [0.5, 0.6) is 0 Å². The Hall–Kier alpha value is -0.770. The lowest BCUT2D eigenvalue weighted by atomic mass is 10.5. The summed E-state index contributed by atoms with van der Waals surface area (Å²) in [7, 11) is 0. The quantitative estimate of drug-likeness (QED) is 0.499. The lowest BCUT2D eigenvalue weighted by Crippen LogP contribution is -2.30. The molecular weight excluding hydrogens is 138 g/mol. The second kappa shape index (κ2) is 3.29. The van der Waals surface area contributed by atoms with E-state index in [1.807, 2.05) is 0 Å². The lowest BCUT2D eigenvalue weighted by molar-refractivity contribution is -0.136. The summed E-state index contributed by atoms with van der Waals surface area (Å²) in [4.78, 5) is 21.7. The molecule has 0 aromatic heterocycles. The van der Waals surface area contributed by atoms with Gasteiger partial charge >= 0.3 is 0 Å². The number of carbonyl (C=O) groups excluding carboxylic acids is 2. The van der Waals surface area contributed by atoms with Crippen molar-refractivity contribution in [2.24, 2.45) is 0 Å². The molecule has 9 heavy (non-hydrogen) atoms. The molecule has 0 rings (SSSR count). The average Bonchev–Trinajstić information content (AvgIpc) is 1.64. The standard InChI is InChI=1S/C5H7NO2S/c1-4(7)6(3-9)5(2)8/h3H,1-2H3. The molecule has 4 heteroatoms. The third-order valence-electron chi connectivity index (χ3n) is 0.784. The Kier molecular flexibility index (Phi) is 3.01. The number of hydrogen-bond donors (Lipinski definition) is 0. The van der Waals surface area contributed by atoms with Gasteiger partial charge < -0.3 is 0 Å². The maximum atomic E-state index is 10.4. The Labute approximate surface area is 58.6 Å². The summed E-state index contributed by atoms with van der Waals surface area (Å²) in [5.74, 6) is -0.699. The third kappa shape index (κ3) is 2.32. The van der Waals surface area contributed by atoms with Crippen LogP contribution in [0.15, 0.2) is 0 Å². The summed E-state index contributed by atoms with van der Waals surface area (Å²) < 4.78 is 0. The van der Waals surface area contributed by atoms with Gasteiger partial charge in [0.2, 0.25) is 11.8 Å². The van der Waals surface area contributed by atoms with E-state index >= 15 is 0 Å². The van der Waals surface area contributed by atoms with Crippen LogP contribution in [0, 0.1) is 0 Å². The van der Waals surface area contributed by atoms with E-state index in [0.717, 1.165) is 10.4 Å². The molecular formula is C5H7NO2S. The first-order chi connectivity index (χ1) is 4.09. The van der Waals surface area contributed by atoms with Gasteiger partial charge in [-0.25, -0.2) is 4.90 Å². The largest absolute Gasteiger partial charge is 0.274 e. The Morgan fingerprint density at radius 2 is 1.67 bits per heavy atom. The van der Waals surface area contributed by atoms with Crippen LogP contribution in [0.2, 0.25) is 0 Å². The molecule has 0 aromatic carbocycles. The SMILES string of the molecule is CC(=O)N(C=S)C(C)=O. The number of rotatable bonds is 1. The van der Waals surface area contributed by atoms with Gasteiger partial charge in [-0.15, -0.1) is 0 Å². The van der Waals surface area contributed by atoms with Gasteiger partial charge in [-0.3, -0.25) is 9.59 Å². The van der Waals surface area contributed by atoms with Crippen LogP contribution in [-0.4, -0.2) is 22.2 Å². The van der Waals surface area contributed by atoms with Crippen molar-refractivity contribution in [1.82, 2.24) is 4.90 Å². The first-order valence-corrected chi connectivity index (χ1v) is 2.82. The number of amides is 2. The van der Waals surface area contributed by atoms with E-state index in [0.29, 0.717) is 0 Å². The van der Waals surface area contributed by atoms with E-state index in [9.17, 15) is 9.59 Å². The molecule has 0 saturated heterocycles. The van der Waals surface area contributed by atoms with Crippen LogP contribution >= 0.6 is 12.2 Å². The van der Waals surface area contributed by atoms with Crippen molar-refractivity contribution in [3.8, 4) is 0 Å². The molecule has 0 aromatic rings. The van der Waals surface area contributed by atoms with Gasteiger partial charge in [0.15, 0.2) is 0 Å². The normalized spacial score (nSPS) is 8.22. The van der Waals surface area contributed by atoms with Crippen molar-refractivity contribution < 1.29 is 9.59 Å². The molecule has 0 aliphatic carbocycles. The van der Waals surface area contributed by atoms with Gasteiger partial charge in [0, 0.05) is 13.8 Å². The van der Waals surface area contributed by atoms with Gasteiger partial charge in [0.25, 0.3) is 0 Å². The zero-order valence-corrected chi connectivity index (χ0v) is 6.07. The minimum absolute atomic E-state index is 0.350. The average molecular weight is 145 g/mol. The van der Waals surface area contributed by atoms with Gasteiger partial charge in [0.1, 0.15) is 0 Å². The molecule has 0 aliphatic heterocycles. The number of thiocarbonyl (C=S) groups is 1. The van der Waals surface area contributed by atoms with Crippen LogP contribution in [-0.2, 0) is 9.59 Å². The summed E-state index contributed by atoms with van der Waals surface area (Å²) in [6.45, 7) is 2.56. The molecule has 0 N–H and O–H groups in total. The Morgan fingerprint density at radius 1 is 1.33 bits per heavy atom. The van der Waals surface area contributed by atoms with Crippen molar-refractivity contribution >= 4 is 29.5 Å². The highest BCUT2D eigenvalue weighted by molar-refractivity contribution is 7.78. The first-order valence-electron chi connectivity index (χ1n) is 2.35. The fourth-order valence-electron chi connectivity index (χ4n) is 0.370. The lowest BCUT2D eigenvalue weighted by Gasteiger charge is -2.07. The second-order valence-corrected chi connectivity index (χ2v) is 1.72. The molecule has 2 amide bonds. The Bertz CT molecular complexity index is 141. The van der Waals surface area contributed by atoms with E-state index in [2.05, 4.69) is 12.2 Å². The summed E-state index contributed by atoms with van der Waals surface area (Å²) in [6, 6.07) is 0. The molecule has 0 bridgehead atoms. The van der Waals surface area contributed by atoms with E-state index < -0.39 is 0 Å². The second-order valence-electron chi connectivity index (χ2n) is 1.51. The molecule has 0 fully saturated rings. The molecule has 0 unspecified atom stereocenters. The molecule has 0 atom stereocenters. The molecule has 0 saturated carbocycles. The topological polar surface area (TPSA) is 37.4 Å². The van der Waals surface area contributed by atoms with E-state index in [1.165, 1.54) is 13.8 Å². The van der Waals surface area contributed by atoms with E-state index in [1.54, 1.807) is 0 Å². The van der Waals surface area contributed by atoms with Gasteiger partial charge in [-0.05, 0) is 0 Å². The number of hydrogen-bond acceptors (Lipinski definition) is 3. The number of carbonyl (C=O) groups is 2. The highest BCUT2D eigenvalue weighted by Gasteiger charge is 2.08. The highest BCUT2D eigenvalue weighted by Crippen LogP contribution is 1.84. The fourth-order valence-corrected chi connectivity index (χ4v) is 0.667. The Balaban J connectivity index is 4.16. The minimum Gasteiger partial charge on any atom is -0.274 e. The first kappa shape index (κ1) is 8.23. The van der Waals surface area contributed by atoms with Crippen LogP contribution in [0.1, 0.15) is 13.8 Å². The summed E-state index contributed by atoms with van der Waals surface area (Å²) in [6.07, 6.45) is 0. The number of nitrogens with zero attached hydrogens (tertiary/aromatic N) is 1. The van der Waals surface area contributed by atoms with Gasteiger partial charge in [0.05, 0.1) is 5.49 Å². The zero-order valence-electron chi connectivity index (χ0n) is 5.25. The van der Waals surface area contributed by atoms with Crippen molar-refractivity contribution in [3.63, 3.8) is 0 Å². The molecule has 0 heterocycles. The summed E-state index contributed by atoms with van der Waals surface area (Å²) >= 11 is 4.39. The van der Waals surface area contributed by atoms with Gasteiger partial charge in [-0.1, -0.05) is 12.2 Å². The predicted molar refractivity (Wildman–Crippen MR) is 36.9 cm³/mol. The van der Waals surface area contributed by atoms with Crippen LogP contribution in [0.4, 0.5) is 0 Å². The fraction of sp³-hybridized carbons (Fsp3) is 0.400. The van der Waals surface area contributed by atoms with Crippen molar-refractivity contribution in [1.29, 1.82) is 0 Å². The van der Waals surface area contributed by atoms with Crippen LogP contribution < -0.4 is 0 Å². The molecule has 50 valence electrons. The van der Waals surface area contributed by atoms with Crippen molar-refractivity contribution in [2.75, 3.05) is 0 Å². The Morgan fingerprint density at radius 3 is 1.67 bits per heavy atom. The van der Waals surface area contributed by atoms with Crippen molar-refractivity contribution in [3.05, 3.63) is 0 Å². The van der Waals surface area contributed by atoms with E-state index in [-0.39, 0.29) is 11.8 Å². The summed E-state index contributed by atoms with van der Waals surface area (Å²) in [5.41, 5.74) is 1.03. The summed E-state index contributed by atoms with van der Waals surface area (Å²) in [5, 5.41) is 0. The van der Waals surface area contributed by atoms with Crippen LogP contribution in [0.3, 0.4) is 0 Å². The van der Waals surface area contributed by atoms with Crippen LogP contribution in [0.25, 0.3) is 0 Å². The highest BCUT2D eigenvalue weighted by atomic mass is 32.1. The molecule has 0 radical (unpaired) electrons. The molecule has 0 aliphatic rings. The van der Waals surface area contributed by atoms with E-state index in [4.69, 9.17) is 0 Å². The third-order valence-corrected chi connectivity index (χ3v) is 0.995.